The molecule has 1 amide bonds. The van der Waals surface area contributed by atoms with Crippen LogP contribution in [0.3, 0.4) is 0 Å². The summed E-state index contributed by atoms with van der Waals surface area (Å²) in [6.45, 7) is 4.65. The number of fused-ring (bicyclic) bond motifs is 1. The van der Waals surface area contributed by atoms with Crippen LogP contribution >= 0.6 is 0 Å². The van der Waals surface area contributed by atoms with Gasteiger partial charge in [0.25, 0.3) is 5.91 Å². The summed E-state index contributed by atoms with van der Waals surface area (Å²) in [6.07, 6.45) is 11.4. The number of pyridine rings is 1. The number of nitrogens with two attached hydrogens (primary N) is 1. The molecular formula is C32H33N9O2. The van der Waals surface area contributed by atoms with E-state index in [-0.39, 0.29) is 17.8 Å². The zero-order valence-electron chi connectivity index (χ0n) is 24.2. The van der Waals surface area contributed by atoms with Gasteiger partial charge in [-0.05, 0) is 82.2 Å². The molecule has 1 aromatic carbocycles. The van der Waals surface area contributed by atoms with E-state index in [0.29, 0.717) is 30.4 Å². The molecule has 5 heterocycles. The molecule has 0 radical (unpaired) electrons. The Balaban J connectivity index is 1.17. The summed E-state index contributed by atoms with van der Waals surface area (Å²) < 4.78 is 7.32. The largest absolute Gasteiger partial charge is 0.494 e. The second-order valence-corrected chi connectivity index (χ2v) is 11.2. The second kappa shape index (κ2) is 11.0. The van der Waals surface area contributed by atoms with Crippen LogP contribution in [-0.2, 0) is 6.42 Å². The standard InChI is InChI=1S/C32H33N9O2/c1-3-43-24-10-6-20(7-11-24)26-12-8-22(15-34-26)25-16-37-41-29(33)28(21-4-5-21)27(38-31(25)41)13-9-23-14-19(2)17-40(23)32(42)30-35-18-36-39-30/h6-8,10-12,15-18,21,23H,3-5,9,13-14,33H2,1-2H3,(H,35,36,39)/t23-/m0/s1. The Bertz CT molecular complexity index is 1800. The fourth-order valence-corrected chi connectivity index (χ4v) is 5.96. The lowest BCUT2D eigenvalue weighted by Gasteiger charge is -2.23. The molecule has 218 valence electrons. The van der Waals surface area contributed by atoms with Crippen LogP contribution in [0.1, 0.15) is 67.3 Å². The summed E-state index contributed by atoms with van der Waals surface area (Å²) in [5, 5.41) is 11.2. The van der Waals surface area contributed by atoms with Crippen LogP contribution in [0.5, 0.6) is 5.75 Å². The van der Waals surface area contributed by atoms with Gasteiger partial charge in [0.1, 0.15) is 17.9 Å². The van der Waals surface area contributed by atoms with Crippen molar-refractivity contribution in [1.82, 2.24) is 39.7 Å². The number of aromatic nitrogens is 7. The molecule has 1 aliphatic heterocycles. The van der Waals surface area contributed by atoms with Crippen LogP contribution in [0.2, 0.25) is 0 Å². The van der Waals surface area contributed by atoms with E-state index in [9.17, 15) is 4.79 Å². The lowest BCUT2D eigenvalue weighted by atomic mass is 10.00. The first-order valence-corrected chi connectivity index (χ1v) is 14.7. The number of H-pyrrole nitrogens is 1. The number of nitrogens with zero attached hydrogens (tertiary/aromatic N) is 7. The van der Waals surface area contributed by atoms with Crippen molar-refractivity contribution in [3.8, 4) is 28.1 Å². The molecule has 2 aliphatic rings. The fourth-order valence-electron chi connectivity index (χ4n) is 5.96. The first-order valence-electron chi connectivity index (χ1n) is 14.7. The van der Waals surface area contributed by atoms with Gasteiger partial charge in [-0.15, -0.1) is 0 Å². The average molecular weight is 576 g/mol. The van der Waals surface area contributed by atoms with Gasteiger partial charge in [0.05, 0.1) is 24.2 Å². The average Bonchev–Trinajstić information content (AvgIpc) is 3.38. The number of hydrogen-bond donors (Lipinski definition) is 2. The van der Waals surface area contributed by atoms with Crippen LogP contribution in [-0.4, -0.2) is 58.2 Å². The normalized spacial score (nSPS) is 16.6. The number of nitrogens with one attached hydrogen (secondary N) is 1. The number of anilines is 1. The quantitative estimate of drug-likeness (QED) is 0.245. The van der Waals surface area contributed by atoms with Crippen molar-refractivity contribution < 1.29 is 9.53 Å². The molecule has 0 unspecified atom stereocenters. The lowest BCUT2D eigenvalue weighted by Crippen LogP contribution is -2.34. The minimum Gasteiger partial charge on any atom is -0.494 e. The first-order chi connectivity index (χ1) is 21.0. The number of amides is 1. The van der Waals surface area contributed by atoms with Gasteiger partial charge in [-0.2, -0.15) is 14.7 Å². The van der Waals surface area contributed by atoms with Crippen molar-refractivity contribution in [3.05, 3.63) is 84.0 Å². The number of benzene rings is 1. The van der Waals surface area contributed by atoms with Gasteiger partial charge in [0.2, 0.25) is 5.82 Å². The summed E-state index contributed by atoms with van der Waals surface area (Å²) in [5.41, 5.74) is 14.4. The molecule has 1 saturated carbocycles. The van der Waals surface area contributed by atoms with Crippen LogP contribution in [0.4, 0.5) is 5.82 Å². The molecule has 0 spiro atoms. The van der Waals surface area contributed by atoms with Crippen molar-refractivity contribution >= 4 is 17.4 Å². The number of aryl methyl sites for hydroxylation is 1. The Morgan fingerprint density at radius 1 is 1.09 bits per heavy atom. The highest BCUT2D eigenvalue weighted by atomic mass is 16.5. The van der Waals surface area contributed by atoms with Gasteiger partial charge in [-0.3, -0.25) is 14.9 Å². The van der Waals surface area contributed by atoms with Gasteiger partial charge in [-0.25, -0.2) is 9.97 Å². The Kier molecular flexibility index (Phi) is 6.84. The molecule has 11 heteroatoms. The van der Waals surface area contributed by atoms with E-state index in [1.54, 1.807) is 9.42 Å². The number of hydrogen-bond acceptors (Lipinski definition) is 8. The van der Waals surface area contributed by atoms with E-state index in [1.807, 2.05) is 68.8 Å². The molecule has 4 aromatic heterocycles. The second-order valence-electron chi connectivity index (χ2n) is 11.2. The Morgan fingerprint density at radius 2 is 1.91 bits per heavy atom. The van der Waals surface area contributed by atoms with E-state index < -0.39 is 0 Å². The van der Waals surface area contributed by atoms with Crippen molar-refractivity contribution in [1.29, 1.82) is 0 Å². The molecule has 0 bridgehead atoms. The third kappa shape index (κ3) is 5.11. The molecule has 1 fully saturated rings. The summed E-state index contributed by atoms with van der Waals surface area (Å²) in [7, 11) is 0. The maximum absolute atomic E-state index is 13.1. The molecule has 11 nitrogen and oxygen atoms in total. The number of carbonyl (C=O) groups excluding carboxylic acids is 1. The van der Waals surface area contributed by atoms with Gasteiger partial charge < -0.3 is 15.4 Å². The van der Waals surface area contributed by atoms with E-state index in [4.69, 9.17) is 20.4 Å². The molecule has 1 aliphatic carbocycles. The van der Waals surface area contributed by atoms with E-state index in [0.717, 1.165) is 70.6 Å². The van der Waals surface area contributed by atoms with Crippen LogP contribution in [0.15, 0.2) is 66.9 Å². The lowest BCUT2D eigenvalue weighted by molar-refractivity contribution is 0.0767. The third-order valence-electron chi connectivity index (χ3n) is 8.20. The van der Waals surface area contributed by atoms with Crippen molar-refractivity contribution in [3.63, 3.8) is 0 Å². The molecule has 1 atom stereocenters. The highest BCUT2D eigenvalue weighted by Gasteiger charge is 2.33. The number of ether oxygens (including phenoxy) is 1. The zero-order chi connectivity index (χ0) is 29.5. The topological polar surface area (TPSA) is 140 Å². The minimum atomic E-state index is -0.177. The van der Waals surface area contributed by atoms with Crippen molar-refractivity contribution in [2.75, 3.05) is 12.3 Å². The molecule has 43 heavy (non-hydrogen) atoms. The minimum absolute atomic E-state index is 0.00707. The molecule has 7 rings (SSSR count). The van der Waals surface area contributed by atoms with Crippen molar-refractivity contribution in [2.24, 2.45) is 0 Å². The van der Waals surface area contributed by atoms with Gasteiger partial charge in [-0.1, -0.05) is 11.6 Å². The monoisotopic (exact) mass is 575 g/mol. The van der Waals surface area contributed by atoms with Gasteiger partial charge in [0.15, 0.2) is 5.65 Å². The predicted molar refractivity (Wildman–Crippen MR) is 162 cm³/mol. The SMILES string of the molecule is CCOc1ccc(-c2ccc(-c3cnn4c(N)c(C5CC5)c(CC[C@H]5CC(C)=CN5C(=O)c5ncn[nH]5)nc34)cn2)cc1. The van der Waals surface area contributed by atoms with Crippen LogP contribution < -0.4 is 10.5 Å². The van der Waals surface area contributed by atoms with E-state index >= 15 is 0 Å². The van der Waals surface area contributed by atoms with Crippen LogP contribution in [0.25, 0.3) is 28.0 Å². The molecule has 3 N–H and O–H groups in total. The third-order valence-corrected chi connectivity index (χ3v) is 8.20. The number of aromatic amines is 1. The van der Waals surface area contributed by atoms with E-state index in [1.165, 1.54) is 6.33 Å². The summed E-state index contributed by atoms with van der Waals surface area (Å²) in [5.74, 6) is 1.94. The predicted octanol–water partition coefficient (Wildman–Crippen LogP) is 5.19. The highest BCUT2D eigenvalue weighted by Crippen LogP contribution is 2.45. The number of nitrogen functional groups attached to an aromatic ring is 1. The Labute approximate surface area is 248 Å². The summed E-state index contributed by atoms with van der Waals surface area (Å²) in [4.78, 5) is 28.8. The molecule has 5 aromatic rings. The smallest absolute Gasteiger partial charge is 0.295 e. The van der Waals surface area contributed by atoms with Crippen molar-refractivity contribution in [2.45, 2.75) is 57.9 Å². The van der Waals surface area contributed by atoms with Crippen LogP contribution in [0, 0.1) is 0 Å². The fraction of sp³-hybridized carbons (Fsp3) is 0.312. The first kappa shape index (κ1) is 26.8. The Hall–Kier alpha value is -5.06. The highest BCUT2D eigenvalue weighted by molar-refractivity contribution is 5.91. The van der Waals surface area contributed by atoms with Gasteiger partial charge in [0, 0.05) is 40.7 Å². The maximum Gasteiger partial charge on any atom is 0.295 e. The number of carbonyl (C=O) groups is 1. The molecule has 0 saturated heterocycles. The zero-order valence-corrected chi connectivity index (χ0v) is 24.2. The Morgan fingerprint density at radius 3 is 2.60 bits per heavy atom. The molecular weight excluding hydrogens is 542 g/mol. The number of rotatable bonds is 9. The van der Waals surface area contributed by atoms with Gasteiger partial charge >= 0.3 is 0 Å². The summed E-state index contributed by atoms with van der Waals surface area (Å²) in [6, 6.07) is 12.0. The van der Waals surface area contributed by atoms with E-state index in [2.05, 4.69) is 20.3 Å². The summed E-state index contributed by atoms with van der Waals surface area (Å²) >= 11 is 0. The maximum atomic E-state index is 13.1.